The van der Waals surface area contributed by atoms with E-state index in [-0.39, 0.29) is 11.5 Å². The number of aryl methyl sites for hydroxylation is 1. The molecule has 2 rings (SSSR count). The average Bonchev–Trinajstić information content (AvgIpc) is 2.65. The molecule has 0 aliphatic heterocycles. The van der Waals surface area contributed by atoms with Crippen LogP contribution in [-0.4, -0.2) is 40.0 Å². The summed E-state index contributed by atoms with van der Waals surface area (Å²) in [6.07, 6.45) is 1.54. The molecule has 7 nitrogen and oxygen atoms in total. The zero-order valence-electron chi connectivity index (χ0n) is 17.2. The van der Waals surface area contributed by atoms with Gasteiger partial charge in [0.1, 0.15) is 5.75 Å². The van der Waals surface area contributed by atoms with Gasteiger partial charge in [0.05, 0.1) is 17.2 Å². The summed E-state index contributed by atoms with van der Waals surface area (Å²) in [5, 5.41) is 2.58. The molecule has 0 aromatic heterocycles. The Hall–Kier alpha value is -2.39. The van der Waals surface area contributed by atoms with Gasteiger partial charge in [0.15, 0.2) is 9.84 Å². The van der Waals surface area contributed by atoms with Crippen molar-refractivity contribution in [2.45, 2.75) is 33.1 Å². The first-order chi connectivity index (χ1) is 14.1. The number of sulfonamides is 1. The van der Waals surface area contributed by atoms with Crippen LogP contribution in [-0.2, 0) is 31.1 Å². The number of hydrogen-bond donors (Lipinski definition) is 2. The molecule has 1 amide bonds. The van der Waals surface area contributed by atoms with E-state index in [9.17, 15) is 21.6 Å². The fraction of sp³-hybridized carbons (Fsp3) is 0.381. The zero-order valence-corrected chi connectivity index (χ0v) is 18.9. The Bertz CT molecular complexity index is 1070. The number of sulfone groups is 1. The van der Waals surface area contributed by atoms with Gasteiger partial charge in [0, 0.05) is 5.69 Å². The molecule has 0 saturated heterocycles. The summed E-state index contributed by atoms with van der Waals surface area (Å²) < 4.78 is 51.1. The summed E-state index contributed by atoms with van der Waals surface area (Å²) in [4.78, 5) is 12.3. The molecular formula is C21H28N2O5S2. The fourth-order valence-corrected chi connectivity index (χ4v) is 5.36. The highest BCUT2D eigenvalue weighted by molar-refractivity contribution is 7.92. The molecule has 0 radical (unpaired) electrons. The monoisotopic (exact) mass is 452 g/mol. The Morgan fingerprint density at radius 3 is 2.23 bits per heavy atom. The van der Waals surface area contributed by atoms with Crippen molar-refractivity contribution in [3.05, 3.63) is 59.7 Å². The van der Waals surface area contributed by atoms with Crippen LogP contribution >= 0.6 is 0 Å². The summed E-state index contributed by atoms with van der Waals surface area (Å²) in [7, 11) is -7.03. The standard InChI is InChI=1S/C21H28N2O5S2/c1-3-14-30(27,28)23-20-13-7-12-19(17(20)2)22-21(24)16-29(25,26)15-8-11-18-9-5-4-6-10-18/h4-7,9-10,12-13,23H,3,8,11,14-16H2,1-2H3,(H,22,24). The molecule has 0 aliphatic carbocycles. The van der Waals surface area contributed by atoms with E-state index in [1.54, 1.807) is 32.0 Å². The van der Waals surface area contributed by atoms with Gasteiger partial charge in [0.25, 0.3) is 0 Å². The van der Waals surface area contributed by atoms with Gasteiger partial charge in [-0.25, -0.2) is 16.8 Å². The van der Waals surface area contributed by atoms with Gasteiger partial charge in [-0.05, 0) is 49.4 Å². The summed E-state index contributed by atoms with van der Waals surface area (Å²) in [5.74, 6) is -1.35. The Kier molecular flexibility index (Phi) is 8.43. The van der Waals surface area contributed by atoms with Gasteiger partial charge >= 0.3 is 0 Å². The van der Waals surface area contributed by atoms with E-state index >= 15 is 0 Å². The van der Waals surface area contributed by atoms with Gasteiger partial charge in [-0.15, -0.1) is 0 Å². The van der Waals surface area contributed by atoms with E-state index in [4.69, 9.17) is 0 Å². The van der Waals surface area contributed by atoms with Crippen molar-refractivity contribution in [1.29, 1.82) is 0 Å². The summed E-state index contributed by atoms with van der Waals surface area (Å²) >= 11 is 0. The Labute approximate surface area is 178 Å². The molecule has 2 N–H and O–H groups in total. The molecule has 0 heterocycles. The van der Waals surface area contributed by atoms with Gasteiger partial charge < -0.3 is 5.32 Å². The molecule has 2 aromatic rings. The summed E-state index contributed by atoms with van der Waals surface area (Å²) in [5.41, 5.74) is 2.30. The molecule has 9 heteroatoms. The van der Waals surface area contributed by atoms with Gasteiger partial charge in [0.2, 0.25) is 15.9 Å². The third-order valence-corrected chi connectivity index (χ3v) is 7.55. The van der Waals surface area contributed by atoms with E-state index in [0.717, 1.165) is 5.56 Å². The van der Waals surface area contributed by atoms with Crippen LogP contribution in [0.3, 0.4) is 0 Å². The van der Waals surface area contributed by atoms with Crippen molar-refractivity contribution in [2.24, 2.45) is 0 Å². The first kappa shape index (κ1) is 23.9. The predicted octanol–water partition coefficient (Wildman–Crippen LogP) is 3.13. The van der Waals surface area contributed by atoms with E-state index in [0.29, 0.717) is 36.2 Å². The number of carbonyl (C=O) groups excluding carboxylic acids is 1. The van der Waals surface area contributed by atoms with Crippen LogP contribution < -0.4 is 10.0 Å². The number of hydrogen-bond acceptors (Lipinski definition) is 5. The summed E-state index contributed by atoms with van der Waals surface area (Å²) in [6.45, 7) is 3.43. The van der Waals surface area contributed by atoms with Gasteiger partial charge in [-0.2, -0.15) is 0 Å². The van der Waals surface area contributed by atoms with Crippen LogP contribution in [0.4, 0.5) is 11.4 Å². The second-order valence-corrected chi connectivity index (χ2v) is 11.2. The largest absolute Gasteiger partial charge is 0.325 e. The van der Waals surface area contributed by atoms with Crippen molar-refractivity contribution in [3.8, 4) is 0 Å². The highest BCUT2D eigenvalue weighted by atomic mass is 32.2. The second kappa shape index (κ2) is 10.6. The molecule has 0 saturated carbocycles. The quantitative estimate of drug-likeness (QED) is 0.544. The maximum absolute atomic E-state index is 12.3. The van der Waals surface area contributed by atoms with E-state index in [1.165, 1.54) is 0 Å². The molecule has 0 aliphatic rings. The minimum atomic E-state index is -3.55. The summed E-state index contributed by atoms with van der Waals surface area (Å²) in [6, 6.07) is 14.4. The lowest BCUT2D eigenvalue weighted by Crippen LogP contribution is -2.25. The molecule has 0 spiro atoms. The molecule has 0 atom stereocenters. The van der Waals surface area contributed by atoms with Gasteiger partial charge in [-0.1, -0.05) is 43.3 Å². The lowest BCUT2D eigenvalue weighted by atomic mass is 10.1. The highest BCUT2D eigenvalue weighted by Crippen LogP contribution is 2.24. The van der Waals surface area contributed by atoms with Crippen LogP contribution in [0.1, 0.15) is 30.9 Å². The molecule has 0 fully saturated rings. The van der Waals surface area contributed by atoms with Crippen LogP contribution in [0, 0.1) is 6.92 Å². The molecular weight excluding hydrogens is 424 g/mol. The minimum absolute atomic E-state index is 0.00967. The maximum atomic E-state index is 12.3. The molecule has 164 valence electrons. The van der Waals surface area contributed by atoms with E-state index in [2.05, 4.69) is 10.0 Å². The molecule has 2 aromatic carbocycles. The number of rotatable bonds is 11. The van der Waals surface area contributed by atoms with Crippen molar-refractivity contribution in [3.63, 3.8) is 0 Å². The van der Waals surface area contributed by atoms with E-state index in [1.807, 2.05) is 30.3 Å². The van der Waals surface area contributed by atoms with Crippen LogP contribution in [0.25, 0.3) is 0 Å². The van der Waals surface area contributed by atoms with Gasteiger partial charge in [-0.3, -0.25) is 9.52 Å². The van der Waals surface area contributed by atoms with Crippen molar-refractivity contribution >= 4 is 37.1 Å². The lowest BCUT2D eigenvalue weighted by molar-refractivity contribution is -0.113. The second-order valence-electron chi connectivity index (χ2n) is 7.13. The highest BCUT2D eigenvalue weighted by Gasteiger charge is 2.18. The normalized spacial score (nSPS) is 11.8. The Morgan fingerprint density at radius 2 is 1.57 bits per heavy atom. The fourth-order valence-electron chi connectivity index (χ4n) is 2.97. The Balaban J connectivity index is 1.96. The number of carbonyl (C=O) groups is 1. The molecule has 0 unspecified atom stereocenters. The lowest BCUT2D eigenvalue weighted by Gasteiger charge is -2.14. The third-order valence-electron chi connectivity index (χ3n) is 4.46. The van der Waals surface area contributed by atoms with Crippen LogP contribution in [0.15, 0.2) is 48.5 Å². The smallest absolute Gasteiger partial charge is 0.239 e. The number of nitrogens with one attached hydrogen (secondary N) is 2. The number of amides is 1. The van der Waals surface area contributed by atoms with E-state index < -0.39 is 31.5 Å². The third kappa shape index (κ3) is 7.79. The first-order valence-electron chi connectivity index (χ1n) is 9.76. The van der Waals surface area contributed by atoms with Crippen molar-refractivity contribution in [2.75, 3.05) is 27.3 Å². The SMILES string of the molecule is CCCS(=O)(=O)Nc1cccc(NC(=O)CS(=O)(=O)CCCc2ccccc2)c1C. The topological polar surface area (TPSA) is 109 Å². The first-order valence-corrected chi connectivity index (χ1v) is 13.2. The number of anilines is 2. The van der Waals surface area contributed by atoms with Crippen LogP contribution in [0.5, 0.6) is 0 Å². The van der Waals surface area contributed by atoms with Crippen molar-refractivity contribution in [1.82, 2.24) is 0 Å². The Morgan fingerprint density at radius 1 is 0.900 bits per heavy atom. The average molecular weight is 453 g/mol. The number of benzene rings is 2. The molecule has 0 bridgehead atoms. The predicted molar refractivity (Wildman–Crippen MR) is 121 cm³/mol. The van der Waals surface area contributed by atoms with Crippen LogP contribution in [0.2, 0.25) is 0 Å². The maximum Gasteiger partial charge on any atom is 0.239 e. The molecule has 30 heavy (non-hydrogen) atoms. The zero-order chi connectivity index (χ0) is 22.2. The minimum Gasteiger partial charge on any atom is -0.325 e. The van der Waals surface area contributed by atoms with Crippen molar-refractivity contribution < 1.29 is 21.6 Å².